The number of rotatable bonds is 5. The monoisotopic (exact) mass is 375 g/mol. The Kier molecular flexibility index (Phi) is 5.11. The molecule has 1 saturated heterocycles. The Balaban J connectivity index is 1.39. The molecule has 140 valence electrons. The van der Waals surface area contributed by atoms with E-state index >= 15 is 0 Å². The lowest BCUT2D eigenvalue weighted by molar-refractivity contribution is 0.0943. The summed E-state index contributed by atoms with van der Waals surface area (Å²) in [6.45, 7) is 8.92. The first-order chi connectivity index (χ1) is 12.6. The van der Waals surface area contributed by atoms with Gasteiger partial charge in [-0.25, -0.2) is 0 Å². The molecule has 26 heavy (non-hydrogen) atoms. The molecule has 0 radical (unpaired) electrons. The Hall–Kier alpha value is -1.70. The summed E-state index contributed by atoms with van der Waals surface area (Å²) in [5.41, 5.74) is 4.24. The van der Waals surface area contributed by atoms with Crippen molar-refractivity contribution in [1.82, 2.24) is 15.4 Å². The lowest BCUT2D eigenvalue weighted by Crippen LogP contribution is -2.32. The molecule has 2 aliphatic rings. The van der Waals surface area contributed by atoms with Gasteiger partial charge in [-0.3, -0.25) is 9.69 Å². The number of nitrogens with one attached hydrogen (secondary N) is 1. The van der Waals surface area contributed by atoms with Crippen LogP contribution in [0.1, 0.15) is 44.2 Å². The van der Waals surface area contributed by atoms with Crippen LogP contribution in [0.3, 0.4) is 0 Å². The van der Waals surface area contributed by atoms with Crippen LogP contribution in [0.25, 0.3) is 0 Å². The van der Waals surface area contributed by atoms with Gasteiger partial charge in [0.25, 0.3) is 5.91 Å². The highest BCUT2D eigenvalue weighted by molar-refractivity contribution is 7.10. The molecule has 1 atom stereocenters. The second-order valence-electron chi connectivity index (χ2n) is 7.25. The summed E-state index contributed by atoms with van der Waals surface area (Å²) in [6, 6.07) is 0. The van der Waals surface area contributed by atoms with E-state index in [9.17, 15) is 4.79 Å². The normalized spacial score (nSPS) is 20.3. The molecule has 1 N–H and O–H groups in total. The standard InChI is InChI=1S/C19H25N3O3S/c1-12-16(13(2)25-21-12)8-22-5-3-15-17(11-26-18(15)9-22)19(23)20-7-14-4-6-24-10-14/h11,14H,3-10H2,1-2H3,(H,20,23). The zero-order valence-electron chi connectivity index (χ0n) is 15.3. The van der Waals surface area contributed by atoms with Crippen molar-refractivity contribution < 1.29 is 14.1 Å². The zero-order valence-corrected chi connectivity index (χ0v) is 16.2. The van der Waals surface area contributed by atoms with Gasteiger partial charge in [0.05, 0.1) is 17.9 Å². The average Bonchev–Trinajstić information content (AvgIpc) is 3.36. The number of fused-ring (bicyclic) bond motifs is 1. The molecule has 7 heteroatoms. The number of amides is 1. The van der Waals surface area contributed by atoms with Crippen LogP contribution in [0.2, 0.25) is 0 Å². The van der Waals surface area contributed by atoms with Gasteiger partial charge in [0.15, 0.2) is 0 Å². The predicted molar refractivity (Wildman–Crippen MR) is 99.4 cm³/mol. The maximum absolute atomic E-state index is 12.6. The van der Waals surface area contributed by atoms with Gasteiger partial charge in [-0.1, -0.05) is 5.16 Å². The number of ether oxygens (including phenoxy) is 1. The lowest BCUT2D eigenvalue weighted by atomic mass is 10.0. The van der Waals surface area contributed by atoms with Crippen molar-refractivity contribution in [3.05, 3.63) is 38.4 Å². The largest absolute Gasteiger partial charge is 0.381 e. The summed E-state index contributed by atoms with van der Waals surface area (Å²) in [5.74, 6) is 1.42. The Labute approximate surface area is 157 Å². The highest BCUT2D eigenvalue weighted by Crippen LogP contribution is 2.30. The SMILES string of the molecule is Cc1noc(C)c1CN1CCc2c(C(=O)NCC3CCOC3)csc2C1. The van der Waals surface area contributed by atoms with E-state index in [1.807, 2.05) is 19.2 Å². The molecule has 2 aromatic rings. The van der Waals surface area contributed by atoms with Crippen LogP contribution in [0.4, 0.5) is 0 Å². The topological polar surface area (TPSA) is 67.6 Å². The Morgan fingerprint density at radius 3 is 3.08 bits per heavy atom. The smallest absolute Gasteiger partial charge is 0.252 e. The van der Waals surface area contributed by atoms with Crippen LogP contribution in [0.15, 0.2) is 9.90 Å². The zero-order chi connectivity index (χ0) is 18.1. The van der Waals surface area contributed by atoms with Crippen molar-refractivity contribution >= 4 is 17.2 Å². The first kappa shape index (κ1) is 17.7. The van der Waals surface area contributed by atoms with E-state index in [2.05, 4.69) is 15.4 Å². The predicted octanol–water partition coefficient (Wildman–Crippen LogP) is 2.68. The van der Waals surface area contributed by atoms with E-state index in [-0.39, 0.29) is 5.91 Å². The van der Waals surface area contributed by atoms with Gasteiger partial charge in [-0.2, -0.15) is 0 Å². The van der Waals surface area contributed by atoms with E-state index in [1.165, 1.54) is 16.0 Å². The fourth-order valence-corrected chi connectivity index (χ4v) is 4.86. The fourth-order valence-electron chi connectivity index (χ4n) is 3.73. The third kappa shape index (κ3) is 3.56. The van der Waals surface area contributed by atoms with Crippen molar-refractivity contribution in [2.75, 3.05) is 26.3 Å². The molecule has 0 bridgehead atoms. The van der Waals surface area contributed by atoms with Gasteiger partial charge in [0.2, 0.25) is 0 Å². The van der Waals surface area contributed by atoms with Gasteiger partial charge in [0.1, 0.15) is 5.76 Å². The quantitative estimate of drug-likeness (QED) is 0.870. The molecule has 2 aromatic heterocycles. The molecular weight excluding hydrogens is 350 g/mol. The molecule has 4 rings (SSSR count). The molecule has 4 heterocycles. The van der Waals surface area contributed by atoms with Gasteiger partial charge < -0.3 is 14.6 Å². The molecule has 2 aliphatic heterocycles. The molecule has 1 fully saturated rings. The van der Waals surface area contributed by atoms with Gasteiger partial charge in [-0.15, -0.1) is 11.3 Å². The summed E-state index contributed by atoms with van der Waals surface area (Å²) in [4.78, 5) is 16.3. The number of nitrogens with zero attached hydrogens (tertiary/aromatic N) is 2. The number of aryl methyl sites for hydroxylation is 2. The van der Waals surface area contributed by atoms with E-state index < -0.39 is 0 Å². The van der Waals surface area contributed by atoms with Crippen LogP contribution in [0.5, 0.6) is 0 Å². The third-order valence-corrected chi connectivity index (χ3v) is 6.42. The minimum Gasteiger partial charge on any atom is -0.381 e. The van der Waals surface area contributed by atoms with E-state index in [0.29, 0.717) is 12.5 Å². The van der Waals surface area contributed by atoms with Crippen molar-refractivity contribution in [3.63, 3.8) is 0 Å². The molecule has 0 aromatic carbocycles. The van der Waals surface area contributed by atoms with E-state index in [1.54, 1.807) is 11.3 Å². The highest BCUT2D eigenvalue weighted by atomic mass is 32.1. The second-order valence-corrected chi connectivity index (χ2v) is 8.22. The molecular formula is C19H25N3O3S. The fraction of sp³-hybridized carbons (Fsp3) is 0.579. The lowest BCUT2D eigenvalue weighted by Gasteiger charge is -2.27. The molecule has 1 amide bonds. The number of aromatic nitrogens is 1. The Morgan fingerprint density at radius 2 is 2.35 bits per heavy atom. The van der Waals surface area contributed by atoms with Crippen LogP contribution in [0, 0.1) is 19.8 Å². The van der Waals surface area contributed by atoms with Crippen LogP contribution >= 0.6 is 11.3 Å². The van der Waals surface area contributed by atoms with Crippen molar-refractivity contribution in [1.29, 1.82) is 0 Å². The van der Waals surface area contributed by atoms with Gasteiger partial charge in [-0.05, 0) is 32.3 Å². The highest BCUT2D eigenvalue weighted by Gasteiger charge is 2.25. The first-order valence-electron chi connectivity index (χ1n) is 9.21. The summed E-state index contributed by atoms with van der Waals surface area (Å²) in [5, 5.41) is 9.16. The van der Waals surface area contributed by atoms with Crippen LogP contribution < -0.4 is 5.32 Å². The van der Waals surface area contributed by atoms with Gasteiger partial charge >= 0.3 is 0 Å². The van der Waals surface area contributed by atoms with Gasteiger partial charge in [0, 0.05) is 54.5 Å². The Bertz CT molecular complexity index is 773. The van der Waals surface area contributed by atoms with E-state index in [0.717, 1.165) is 62.7 Å². The molecule has 1 unspecified atom stereocenters. The summed E-state index contributed by atoms with van der Waals surface area (Å²) in [7, 11) is 0. The van der Waals surface area contributed by atoms with Crippen LogP contribution in [-0.4, -0.2) is 42.3 Å². The summed E-state index contributed by atoms with van der Waals surface area (Å²) in [6.07, 6.45) is 1.95. The number of carbonyl (C=O) groups is 1. The molecule has 6 nitrogen and oxygen atoms in total. The third-order valence-electron chi connectivity index (χ3n) is 5.41. The number of hydrogen-bond donors (Lipinski definition) is 1. The molecule has 0 aliphatic carbocycles. The van der Waals surface area contributed by atoms with E-state index in [4.69, 9.17) is 9.26 Å². The van der Waals surface area contributed by atoms with Crippen molar-refractivity contribution in [2.45, 2.75) is 39.8 Å². The molecule has 0 spiro atoms. The molecule has 0 saturated carbocycles. The number of hydrogen-bond acceptors (Lipinski definition) is 6. The minimum absolute atomic E-state index is 0.0635. The van der Waals surface area contributed by atoms with Crippen molar-refractivity contribution in [3.8, 4) is 0 Å². The van der Waals surface area contributed by atoms with Crippen molar-refractivity contribution in [2.24, 2.45) is 5.92 Å². The minimum atomic E-state index is 0.0635. The maximum atomic E-state index is 12.6. The first-order valence-corrected chi connectivity index (χ1v) is 10.1. The average molecular weight is 375 g/mol. The maximum Gasteiger partial charge on any atom is 0.252 e. The summed E-state index contributed by atoms with van der Waals surface area (Å²) < 4.78 is 10.7. The summed E-state index contributed by atoms with van der Waals surface area (Å²) >= 11 is 1.70. The Morgan fingerprint density at radius 1 is 1.46 bits per heavy atom. The second kappa shape index (κ2) is 7.50. The van der Waals surface area contributed by atoms with Crippen LogP contribution in [-0.2, 0) is 24.2 Å². The number of carbonyl (C=O) groups excluding carboxylic acids is 1. The number of thiophene rings is 1.